The van der Waals surface area contributed by atoms with Crippen molar-refractivity contribution in [1.82, 2.24) is 0 Å². The first-order valence-corrected chi connectivity index (χ1v) is 7.00. The van der Waals surface area contributed by atoms with Gasteiger partial charge in [-0.3, -0.25) is 4.57 Å². The van der Waals surface area contributed by atoms with Crippen LogP contribution in [0.2, 0.25) is 0 Å². The molecule has 1 N–H and O–H groups in total. The van der Waals surface area contributed by atoms with Crippen molar-refractivity contribution in [2.75, 3.05) is 0 Å². The van der Waals surface area contributed by atoms with Gasteiger partial charge in [0.25, 0.3) is 0 Å². The van der Waals surface area contributed by atoms with Crippen LogP contribution in [0.5, 0.6) is 0 Å². The lowest BCUT2D eigenvalue weighted by atomic mass is 10.2. The Hall–Kier alpha value is -0.890. The van der Waals surface area contributed by atoms with E-state index in [1.54, 1.807) is 18.2 Å². The van der Waals surface area contributed by atoms with Gasteiger partial charge in [-0.25, -0.2) is 0 Å². The molecule has 1 aromatic carbocycles. The number of hydrogen-bond donors (Lipinski definition) is 1. The normalized spacial score (nSPS) is 16.4. The molecule has 0 bridgehead atoms. The van der Waals surface area contributed by atoms with Gasteiger partial charge in [-0.1, -0.05) is 43.3 Å². The molecule has 0 radical (unpaired) electrons. The second-order valence-electron chi connectivity index (χ2n) is 3.57. The predicted molar refractivity (Wildman–Crippen MR) is 65.3 cm³/mol. The highest BCUT2D eigenvalue weighted by Gasteiger charge is 2.23. The summed E-state index contributed by atoms with van der Waals surface area (Å²) in [6, 6.07) is 9.15. The first-order valence-electron chi connectivity index (χ1n) is 5.24. The molecule has 88 valence electrons. The summed E-state index contributed by atoms with van der Waals surface area (Å²) in [5.74, 6) is 0. The molecular weight excluding hydrogens is 223 g/mol. The van der Waals surface area contributed by atoms with E-state index in [2.05, 4.69) is 6.58 Å². The highest BCUT2D eigenvalue weighted by molar-refractivity contribution is 7.52. The van der Waals surface area contributed by atoms with Gasteiger partial charge < -0.3 is 9.42 Å². The lowest BCUT2D eigenvalue weighted by Gasteiger charge is -2.17. The van der Waals surface area contributed by atoms with E-state index in [1.807, 2.05) is 25.1 Å². The van der Waals surface area contributed by atoms with Crippen LogP contribution in [-0.2, 0) is 15.3 Å². The van der Waals surface area contributed by atoms with E-state index in [4.69, 9.17) is 4.52 Å². The van der Waals surface area contributed by atoms with Gasteiger partial charge in [0, 0.05) is 0 Å². The van der Waals surface area contributed by atoms with Crippen LogP contribution in [0.15, 0.2) is 43.0 Å². The second-order valence-corrected chi connectivity index (χ2v) is 5.37. The summed E-state index contributed by atoms with van der Waals surface area (Å²) in [4.78, 5) is 9.69. The molecule has 0 heterocycles. The fraction of sp³-hybridized carbons (Fsp3) is 0.333. The Balaban J connectivity index is 2.65. The molecule has 1 rings (SSSR count). The van der Waals surface area contributed by atoms with Crippen molar-refractivity contribution in [2.24, 2.45) is 0 Å². The van der Waals surface area contributed by atoms with Crippen molar-refractivity contribution in [3.05, 3.63) is 48.6 Å². The number of rotatable bonds is 6. The van der Waals surface area contributed by atoms with E-state index in [0.29, 0.717) is 6.42 Å². The Labute approximate surface area is 96.3 Å². The maximum Gasteiger partial charge on any atom is 0.333 e. The van der Waals surface area contributed by atoms with Gasteiger partial charge >= 0.3 is 7.60 Å². The number of hydrogen-bond acceptors (Lipinski definition) is 2. The van der Waals surface area contributed by atoms with Crippen molar-refractivity contribution in [2.45, 2.75) is 25.6 Å². The molecule has 1 aromatic rings. The summed E-state index contributed by atoms with van der Waals surface area (Å²) in [7, 11) is -3.57. The number of benzene rings is 1. The van der Waals surface area contributed by atoms with Gasteiger partial charge in [-0.05, 0) is 12.0 Å². The molecule has 3 nitrogen and oxygen atoms in total. The molecule has 0 aliphatic heterocycles. The van der Waals surface area contributed by atoms with Gasteiger partial charge in [-0.2, -0.15) is 0 Å². The maximum absolute atomic E-state index is 11.8. The molecule has 2 atom stereocenters. The predicted octanol–water partition coefficient (Wildman–Crippen LogP) is 3.35. The van der Waals surface area contributed by atoms with Crippen LogP contribution in [0.1, 0.15) is 18.9 Å². The standard InChI is InChI=1S/C12H17O3P/c1-3-12(4-2)15-16(13,14)10-11-8-6-5-7-9-11/h3,5-9,12H,1,4,10H2,2H3,(H,13,14). The summed E-state index contributed by atoms with van der Waals surface area (Å²) >= 11 is 0. The van der Waals surface area contributed by atoms with Crippen LogP contribution in [0.25, 0.3) is 0 Å². The van der Waals surface area contributed by atoms with E-state index in [9.17, 15) is 9.46 Å². The van der Waals surface area contributed by atoms with Crippen LogP contribution in [0, 0.1) is 0 Å². The quantitative estimate of drug-likeness (QED) is 0.612. The summed E-state index contributed by atoms with van der Waals surface area (Å²) in [5.41, 5.74) is 0.798. The van der Waals surface area contributed by atoms with Crippen LogP contribution >= 0.6 is 7.60 Å². The zero-order valence-electron chi connectivity index (χ0n) is 9.37. The Kier molecular flexibility index (Phi) is 4.94. The maximum atomic E-state index is 11.8. The lowest BCUT2D eigenvalue weighted by molar-refractivity contribution is 0.206. The van der Waals surface area contributed by atoms with Gasteiger partial charge in [0.05, 0.1) is 12.3 Å². The van der Waals surface area contributed by atoms with Crippen molar-refractivity contribution < 1.29 is 14.0 Å². The Morgan fingerprint density at radius 3 is 2.62 bits per heavy atom. The van der Waals surface area contributed by atoms with E-state index in [-0.39, 0.29) is 12.3 Å². The third kappa shape index (κ3) is 4.31. The largest absolute Gasteiger partial charge is 0.333 e. The minimum atomic E-state index is -3.57. The smallest absolute Gasteiger partial charge is 0.324 e. The van der Waals surface area contributed by atoms with Crippen LogP contribution in [0.4, 0.5) is 0 Å². The van der Waals surface area contributed by atoms with Gasteiger partial charge in [0.2, 0.25) is 0 Å². The Bertz CT molecular complexity index is 375. The van der Waals surface area contributed by atoms with Crippen molar-refractivity contribution >= 4 is 7.60 Å². The van der Waals surface area contributed by atoms with E-state index in [1.165, 1.54) is 0 Å². The molecule has 0 aliphatic rings. The van der Waals surface area contributed by atoms with Crippen molar-refractivity contribution in [3.8, 4) is 0 Å². The molecule has 0 spiro atoms. The Morgan fingerprint density at radius 2 is 2.12 bits per heavy atom. The van der Waals surface area contributed by atoms with Crippen LogP contribution in [-0.4, -0.2) is 11.0 Å². The fourth-order valence-electron chi connectivity index (χ4n) is 1.35. The topological polar surface area (TPSA) is 46.5 Å². The summed E-state index contributed by atoms with van der Waals surface area (Å²) < 4.78 is 16.9. The second kappa shape index (κ2) is 6.00. The summed E-state index contributed by atoms with van der Waals surface area (Å²) in [6.07, 6.45) is 1.87. The summed E-state index contributed by atoms with van der Waals surface area (Å²) in [6.45, 7) is 5.45. The zero-order valence-corrected chi connectivity index (χ0v) is 10.3. The first-order chi connectivity index (χ1) is 7.57. The molecule has 0 saturated heterocycles. The lowest BCUT2D eigenvalue weighted by Crippen LogP contribution is -2.07. The SMILES string of the molecule is C=CC(CC)OP(=O)(O)Cc1ccccc1. The molecule has 0 fully saturated rings. The van der Waals surface area contributed by atoms with Gasteiger partial charge in [0.15, 0.2) is 0 Å². The van der Waals surface area contributed by atoms with E-state index < -0.39 is 7.60 Å². The average molecular weight is 240 g/mol. The minimum Gasteiger partial charge on any atom is -0.324 e. The van der Waals surface area contributed by atoms with Gasteiger partial charge in [0.1, 0.15) is 0 Å². The van der Waals surface area contributed by atoms with E-state index in [0.717, 1.165) is 5.56 Å². The highest BCUT2D eigenvalue weighted by Crippen LogP contribution is 2.47. The third-order valence-corrected chi connectivity index (χ3v) is 3.56. The minimum absolute atomic E-state index is 0.0399. The molecule has 0 amide bonds. The Morgan fingerprint density at radius 1 is 1.50 bits per heavy atom. The summed E-state index contributed by atoms with van der Waals surface area (Å²) in [5, 5.41) is 0. The van der Waals surface area contributed by atoms with Crippen LogP contribution < -0.4 is 0 Å². The highest BCUT2D eigenvalue weighted by atomic mass is 31.2. The molecule has 0 aliphatic carbocycles. The molecular formula is C12H17O3P. The molecule has 0 saturated carbocycles. The van der Waals surface area contributed by atoms with Crippen molar-refractivity contribution in [3.63, 3.8) is 0 Å². The molecule has 16 heavy (non-hydrogen) atoms. The van der Waals surface area contributed by atoms with Crippen molar-refractivity contribution in [1.29, 1.82) is 0 Å². The fourth-order valence-corrected chi connectivity index (χ4v) is 2.75. The molecule has 4 heteroatoms. The third-order valence-electron chi connectivity index (χ3n) is 2.19. The molecule has 2 unspecified atom stereocenters. The zero-order chi connectivity index (χ0) is 12.0. The first kappa shape index (κ1) is 13.2. The average Bonchev–Trinajstić information content (AvgIpc) is 2.26. The molecule has 0 aromatic heterocycles. The van der Waals surface area contributed by atoms with Gasteiger partial charge in [-0.15, -0.1) is 6.58 Å². The van der Waals surface area contributed by atoms with E-state index >= 15 is 0 Å². The van der Waals surface area contributed by atoms with Crippen LogP contribution in [0.3, 0.4) is 0 Å². The monoisotopic (exact) mass is 240 g/mol.